The molecule has 3 N–H and O–H groups in total. The lowest BCUT2D eigenvalue weighted by atomic mass is 10.1. The summed E-state index contributed by atoms with van der Waals surface area (Å²) in [4.78, 5) is 2.40. The third kappa shape index (κ3) is 2.36. The lowest BCUT2D eigenvalue weighted by molar-refractivity contribution is 0.252. The summed E-state index contributed by atoms with van der Waals surface area (Å²) in [7, 11) is 0. The number of hydrogen-bond acceptors (Lipinski definition) is 3. The molecule has 1 aliphatic heterocycles. The quantitative estimate of drug-likeness (QED) is 0.812. The second kappa shape index (κ2) is 4.85. The third-order valence-corrected chi connectivity index (χ3v) is 3.49. The van der Waals surface area contributed by atoms with Crippen LogP contribution in [-0.2, 0) is 6.54 Å². The van der Waals surface area contributed by atoms with Crippen LogP contribution in [0.4, 0.5) is 0 Å². The van der Waals surface area contributed by atoms with Crippen LogP contribution in [-0.4, -0.2) is 29.1 Å². The second-order valence-corrected chi connectivity index (χ2v) is 4.74. The average Bonchev–Trinajstić information content (AvgIpc) is 2.63. The Labute approximate surface area is 96.9 Å². The molecule has 1 fully saturated rings. The summed E-state index contributed by atoms with van der Waals surface area (Å²) < 4.78 is 0. The zero-order chi connectivity index (χ0) is 11.5. The van der Waals surface area contributed by atoms with Gasteiger partial charge in [0.1, 0.15) is 5.75 Å². The SMILES string of the molecule is CC1CC(CN)CN1Cc1ccccc1O. The molecule has 0 aromatic heterocycles. The minimum absolute atomic E-state index is 0.394. The van der Waals surface area contributed by atoms with Crippen LogP contribution in [0.25, 0.3) is 0 Å². The van der Waals surface area contributed by atoms with Gasteiger partial charge in [0.25, 0.3) is 0 Å². The fourth-order valence-corrected chi connectivity index (χ4v) is 2.47. The first-order valence-corrected chi connectivity index (χ1v) is 5.91. The molecule has 2 atom stereocenters. The lowest BCUT2D eigenvalue weighted by Crippen LogP contribution is -2.27. The van der Waals surface area contributed by atoms with Crippen molar-refractivity contribution >= 4 is 0 Å². The van der Waals surface area contributed by atoms with Crippen molar-refractivity contribution in [1.29, 1.82) is 0 Å². The number of phenolic OH excluding ortho intramolecular Hbond substituents is 1. The molecule has 16 heavy (non-hydrogen) atoms. The zero-order valence-corrected chi connectivity index (χ0v) is 9.76. The number of benzene rings is 1. The first-order valence-electron chi connectivity index (χ1n) is 5.91. The molecule has 0 radical (unpaired) electrons. The standard InChI is InChI=1S/C13H20N2O/c1-10-6-11(7-14)8-15(10)9-12-4-2-3-5-13(12)16/h2-5,10-11,16H,6-9,14H2,1H3. The van der Waals surface area contributed by atoms with Crippen molar-refractivity contribution in [3.8, 4) is 5.75 Å². The van der Waals surface area contributed by atoms with Gasteiger partial charge in [-0.3, -0.25) is 4.90 Å². The molecule has 3 heteroatoms. The maximum Gasteiger partial charge on any atom is 0.120 e. The van der Waals surface area contributed by atoms with Crippen LogP contribution < -0.4 is 5.73 Å². The fourth-order valence-electron chi connectivity index (χ4n) is 2.47. The first-order chi connectivity index (χ1) is 7.70. The van der Waals surface area contributed by atoms with Crippen molar-refractivity contribution in [1.82, 2.24) is 4.90 Å². The number of hydrogen-bond donors (Lipinski definition) is 2. The van der Waals surface area contributed by atoms with E-state index in [0.29, 0.717) is 17.7 Å². The molecule has 2 rings (SSSR count). The Balaban J connectivity index is 2.03. The van der Waals surface area contributed by atoms with Gasteiger partial charge in [-0.05, 0) is 31.9 Å². The van der Waals surface area contributed by atoms with Crippen molar-refractivity contribution in [3.05, 3.63) is 29.8 Å². The number of nitrogens with two attached hydrogens (primary N) is 1. The van der Waals surface area contributed by atoms with Crippen molar-refractivity contribution < 1.29 is 5.11 Å². The van der Waals surface area contributed by atoms with E-state index in [1.165, 1.54) is 6.42 Å². The minimum atomic E-state index is 0.394. The van der Waals surface area contributed by atoms with E-state index in [0.717, 1.165) is 25.2 Å². The molecular weight excluding hydrogens is 200 g/mol. The molecule has 0 spiro atoms. The molecular formula is C13H20N2O. The molecule has 1 heterocycles. The summed E-state index contributed by atoms with van der Waals surface area (Å²) >= 11 is 0. The van der Waals surface area contributed by atoms with Gasteiger partial charge in [-0.2, -0.15) is 0 Å². The summed E-state index contributed by atoms with van der Waals surface area (Å²) in [5.41, 5.74) is 6.71. The van der Waals surface area contributed by atoms with Gasteiger partial charge < -0.3 is 10.8 Å². The summed E-state index contributed by atoms with van der Waals surface area (Å²) in [5.74, 6) is 1.01. The van der Waals surface area contributed by atoms with Crippen LogP contribution in [0.1, 0.15) is 18.9 Å². The smallest absolute Gasteiger partial charge is 0.120 e. The van der Waals surface area contributed by atoms with Gasteiger partial charge in [-0.15, -0.1) is 0 Å². The predicted molar refractivity (Wildman–Crippen MR) is 65.1 cm³/mol. The van der Waals surface area contributed by atoms with Crippen LogP contribution in [0.2, 0.25) is 0 Å². The number of phenols is 1. The number of likely N-dealkylation sites (tertiary alicyclic amines) is 1. The molecule has 0 aliphatic carbocycles. The molecule has 1 aromatic rings. The topological polar surface area (TPSA) is 49.5 Å². The summed E-state index contributed by atoms with van der Waals surface area (Å²) in [6.07, 6.45) is 1.17. The van der Waals surface area contributed by atoms with Crippen molar-refractivity contribution in [2.45, 2.75) is 25.9 Å². The Morgan fingerprint density at radius 2 is 2.19 bits per heavy atom. The summed E-state index contributed by atoms with van der Waals surface area (Å²) in [6, 6.07) is 8.12. The number of para-hydroxylation sites is 1. The minimum Gasteiger partial charge on any atom is -0.508 e. The van der Waals surface area contributed by atoms with Gasteiger partial charge in [0.05, 0.1) is 0 Å². The zero-order valence-electron chi connectivity index (χ0n) is 9.76. The fraction of sp³-hybridized carbons (Fsp3) is 0.538. The molecule has 0 saturated carbocycles. The Morgan fingerprint density at radius 3 is 2.81 bits per heavy atom. The molecule has 3 nitrogen and oxygen atoms in total. The molecule has 88 valence electrons. The number of nitrogens with zero attached hydrogens (tertiary/aromatic N) is 1. The first kappa shape index (κ1) is 11.4. The van der Waals surface area contributed by atoms with Crippen LogP contribution in [0.3, 0.4) is 0 Å². The average molecular weight is 220 g/mol. The number of rotatable bonds is 3. The van der Waals surface area contributed by atoms with E-state index < -0.39 is 0 Å². The summed E-state index contributed by atoms with van der Waals surface area (Å²) in [6.45, 7) is 4.87. The number of aromatic hydroxyl groups is 1. The highest BCUT2D eigenvalue weighted by atomic mass is 16.3. The molecule has 2 unspecified atom stereocenters. The van der Waals surface area contributed by atoms with Crippen molar-refractivity contribution in [3.63, 3.8) is 0 Å². The summed E-state index contributed by atoms with van der Waals surface area (Å²) in [5, 5.41) is 9.73. The maximum atomic E-state index is 9.73. The Hall–Kier alpha value is -1.06. The van der Waals surface area contributed by atoms with Gasteiger partial charge in [0.15, 0.2) is 0 Å². The maximum absolute atomic E-state index is 9.73. The highest BCUT2D eigenvalue weighted by molar-refractivity contribution is 5.31. The molecule has 0 bridgehead atoms. The molecule has 1 saturated heterocycles. The van der Waals surface area contributed by atoms with Crippen LogP contribution >= 0.6 is 0 Å². The highest BCUT2D eigenvalue weighted by Crippen LogP contribution is 2.26. The molecule has 1 aromatic carbocycles. The van der Waals surface area contributed by atoms with E-state index in [1.54, 1.807) is 6.07 Å². The van der Waals surface area contributed by atoms with Gasteiger partial charge in [-0.1, -0.05) is 18.2 Å². The second-order valence-electron chi connectivity index (χ2n) is 4.74. The molecule has 0 amide bonds. The Bertz CT molecular complexity index is 354. The normalized spacial score (nSPS) is 26.1. The molecule has 1 aliphatic rings. The van der Waals surface area contributed by atoms with Gasteiger partial charge >= 0.3 is 0 Å². The third-order valence-electron chi connectivity index (χ3n) is 3.49. The van der Waals surface area contributed by atoms with Crippen LogP contribution in [0, 0.1) is 5.92 Å². The Kier molecular flexibility index (Phi) is 3.46. The van der Waals surface area contributed by atoms with Crippen molar-refractivity contribution in [2.24, 2.45) is 11.7 Å². The largest absolute Gasteiger partial charge is 0.508 e. The van der Waals surface area contributed by atoms with Crippen molar-refractivity contribution in [2.75, 3.05) is 13.1 Å². The van der Waals surface area contributed by atoms with Crippen LogP contribution in [0.5, 0.6) is 5.75 Å². The van der Waals surface area contributed by atoms with Gasteiger partial charge in [-0.25, -0.2) is 0 Å². The van der Waals surface area contributed by atoms with E-state index >= 15 is 0 Å². The van der Waals surface area contributed by atoms with E-state index in [-0.39, 0.29) is 0 Å². The van der Waals surface area contributed by atoms with Crippen LogP contribution in [0.15, 0.2) is 24.3 Å². The van der Waals surface area contributed by atoms with E-state index in [9.17, 15) is 5.11 Å². The van der Waals surface area contributed by atoms with Gasteiger partial charge in [0.2, 0.25) is 0 Å². The predicted octanol–water partition coefficient (Wildman–Crippen LogP) is 1.56. The van der Waals surface area contributed by atoms with E-state index in [2.05, 4.69) is 11.8 Å². The Morgan fingerprint density at radius 1 is 1.44 bits per heavy atom. The monoisotopic (exact) mass is 220 g/mol. The van der Waals surface area contributed by atoms with Gasteiger partial charge in [0, 0.05) is 24.7 Å². The van der Waals surface area contributed by atoms with E-state index in [4.69, 9.17) is 5.73 Å². The lowest BCUT2D eigenvalue weighted by Gasteiger charge is -2.21. The van der Waals surface area contributed by atoms with E-state index in [1.807, 2.05) is 18.2 Å². The highest BCUT2D eigenvalue weighted by Gasteiger charge is 2.28.